The number of rotatable bonds is 3. The normalized spacial score (nSPS) is 14.2. The molecule has 4 nitrogen and oxygen atoms in total. The maximum Gasteiger partial charge on any atom is 0.416 e. The van der Waals surface area contributed by atoms with Gasteiger partial charge in [0.2, 0.25) is 5.91 Å². The van der Waals surface area contributed by atoms with Gasteiger partial charge in [-0.3, -0.25) is 9.78 Å². The summed E-state index contributed by atoms with van der Waals surface area (Å²) in [7, 11) is 0. The Morgan fingerprint density at radius 3 is 2.15 bits per heavy atom. The van der Waals surface area contributed by atoms with Gasteiger partial charge < -0.3 is 9.64 Å². The number of benzene rings is 2. The molecule has 1 aliphatic heterocycles. The van der Waals surface area contributed by atoms with Gasteiger partial charge in [-0.1, -0.05) is 6.07 Å². The van der Waals surface area contributed by atoms with Crippen LogP contribution in [-0.4, -0.2) is 28.9 Å². The van der Waals surface area contributed by atoms with E-state index in [9.17, 15) is 31.1 Å². The van der Waals surface area contributed by atoms with Crippen LogP contribution >= 0.6 is 0 Å². The van der Waals surface area contributed by atoms with E-state index in [0.29, 0.717) is 23.4 Å². The van der Waals surface area contributed by atoms with Crippen LogP contribution in [0.1, 0.15) is 22.3 Å². The highest BCUT2D eigenvalue weighted by Crippen LogP contribution is 2.36. The molecule has 0 radical (unpaired) electrons. The van der Waals surface area contributed by atoms with Crippen molar-refractivity contribution >= 4 is 5.91 Å². The number of nitrogens with zero attached hydrogens (tertiary/aromatic N) is 2. The standard InChI is InChI=1S/C24H18F6N2O2/c25-23(26,27)19-9-15(10-20(13-19)24(28,29)30)11-22(33)32-7-8-34-21-2-1-17(12-18(21)14-32)16-3-5-31-6-4-16/h1-6,9-10,12-13H,7-8,11,14H2. The van der Waals surface area contributed by atoms with Gasteiger partial charge in [0.25, 0.3) is 0 Å². The molecular formula is C24H18F6N2O2. The summed E-state index contributed by atoms with van der Waals surface area (Å²) in [4.78, 5) is 18.2. The number of ether oxygens (including phenoxy) is 1. The second kappa shape index (κ2) is 9.00. The van der Waals surface area contributed by atoms with Crippen molar-refractivity contribution in [2.75, 3.05) is 13.2 Å². The fraction of sp³-hybridized carbons (Fsp3) is 0.250. The molecule has 1 aliphatic rings. The minimum absolute atomic E-state index is 0.0463. The van der Waals surface area contributed by atoms with E-state index in [0.717, 1.165) is 11.1 Å². The zero-order valence-corrected chi connectivity index (χ0v) is 17.6. The van der Waals surface area contributed by atoms with Crippen LogP contribution < -0.4 is 4.74 Å². The van der Waals surface area contributed by atoms with Crippen molar-refractivity contribution in [3.8, 4) is 16.9 Å². The molecule has 34 heavy (non-hydrogen) atoms. The molecule has 3 aromatic rings. The molecule has 0 N–H and O–H groups in total. The predicted octanol–water partition coefficient (Wildman–Crippen LogP) is 5.75. The molecule has 0 spiro atoms. The number of fused-ring (bicyclic) bond motifs is 1. The highest BCUT2D eigenvalue weighted by molar-refractivity contribution is 5.79. The van der Waals surface area contributed by atoms with E-state index in [-0.39, 0.29) is 31.3 Å². The Labute approximate surface area is 190 Å². The molecule has 4 rings (SSSR count). The lowest BCUT2D eigenvalue weighted by molar-refractivity contribution is -0.143. The van der Waals surface area contributed by atoms with Gasteiger partial charge >= 0.3 is 12.4 Å². The average Bonchev–Trinajstić information content (AvgIpc) is 3.00. The molecule has 1 aromatic heterocycles. The van der Waals surface area contributed by atoms with Crippen molar-refractivity contribution in [1.82, 2.24) is 9.88 Å². The molecule has 178 valence electrons. The molecule has 0 atom stereocenters. The second-order valence-electron chi connectivity index (χ2n) is 7.81. The molecule has 0 unspecified atom stereocenters. The van der Waals surface area contributed by atoms with Crippen LogP contribution in [0.5, 0.6) is 5.75 Å². The minimum Gasteiger partial charge on any atom is -0.491 e. The number of carbonyl (C=O) groups is 1. The summed E-state index contributed by atoms with van der Waals surface area (Å²) in [6, 6.07) is 10.3. The maximum absolute atomic E-state index is 13.1. The monoisotopic (exact) mass is 480 g/mol. The molecule has 0 saturated heterocycles. The van der Waals surface area contributed by atoms with Crippen LogP contribution in [-0.2, 0) is 30.1 Å². The smallest absolute Gasteiger partial charge is 0.416 e. The van der Waals surface area contributed by atoms with E-state index in [2.05, 4.69) is 4.98 Å². The third kappa shape index (κ3) is 5.32. The van der Waals surface area contributed by atoms with Gasteiger partial charge in [-0.05, 0) is 59.2 Å². The summed E-state index contributed by atoms with van der Waals surface area (Å²) in [6.45, 7) is 0.394. The summed E-state index contributed by atoms with van der Waals surface area (Å²) in [5, 5.41) is 0. The van der Waals surface area contributed by atoms with E-state index in [1.165, 1.54) is 4.90 Å². The number of hydrogen-bond donors (Lipinski definition) is 0. The summed E-state index contributed by atoms with van der Waals surface area (Å²) in [6.07, 6.45) is -7.28. The number of amides is 1. The molecule has 2 heterocycles. The van der Waals surface area contributed by atoms with Gasteiger partial charge in [0.1, 0.15) is 12.4 Å². The lowest BCUT2D eigenvalue weighted by atomic mass is 10.0. The van der Waals surface area contributed by atoms with Crippen LogP contribution in [0.4, 0.5) is 26.3 Å². The third-order valence-corrected chi connectivity index (χ3v) is 5.41. The van der Waals surface area contributed by atoms with Crippen molar-refractivity contribution in [3.05, 3.63) is 83.2 Å². The molecule has 0 bridgehead atoms. The van der Waals surface area contributed by atoms with Crippen LogP contribution in [0.3, 0.4) is 0 Å². The second-order valence-corrected chi connectivity index (χ2v) is 7.81. The Morgan fingerprint density at radius 2 is 1.53 bits per heavy atom. The van der Waals surface area contributed by atoms with Gasteiger partial charge in [0.05, 0.1) is 24.1 Å². The number of alkyl halides is 6. The highest BCUT2D eigenvalue weighted by Gasteiger charge is 2.37. The Balaban J connectivity index is 1.59. The first-order chi connectivity index (χ1) is 16.0. The van der Waals surface area contributed by atoms with Crippen LogP contribution in [0.2, 0.25) is 0 Å². The first-order valence-electron chi connectivity index (χ1n) is 10.2. The van der Waals surface area contributed by atoms with E-state index in [1.54, 1.807) is 18.5 Å². The topological polar surface area (TPSA) is 42.4 Å². The van der Waals surface area contributed by atoms with Gasteiger partial charge in [0.15, 0.2) is 0 Å². The van der Waals surface area contributed by atoms with Crippen molar-refractivity contribution in [1.29, 1.82) is 0 Å². The lowest BCUT2D eigenvalue weighted by Gasteiger charge is -2.21. The summed E-state index contributed by atoms with van der Waals surface area (Å²) in [5.74, 6) is -0.0373. The highest BCUT2D eigenvalue weighted by atomic mass is 19.4. The Kier molecular flexibility index (Phi) is 6.24. The fourth-order valence-electron chi connectivity index (χ4n) is 3.74. The number of pyridine rings is 1. The van der Waals surface area contributed by atoms with E-state index >= 15 is 0 Å². The van der Waals surface area contributed by atoms with Gasteiger partial charge in [-0.25, -0.2) is 0 Å². The first kappa shape index (κ1) is 23.6. The zero-order valence-electron chi connectivity index (χ0n) is 17.6. The van der Waals surface area contributed by atoms with Crippen LogP contribution in [0.25, 0.3) is 11.1 Å². The van der Waals surface area contributed by atoms with Crippen molar-refractivity contribution in [3.63, 3.8) is 0 Å². The molecule has 0 fully saturated rings. The van der Waals surface area contributed by atoms with Crippen LogP contribution in [0, 0.1) is 0 Å². The lowest BCUT2D eigenvalue weighted by Crippen LogP contribution is -2.33. The molecule has 0 saturated carbocycles. The van der Waals surface area contributed by atoms with Crippen LogP contribution in [0.15, 0.2) is 60.9 Å². The van der Waals surface area contributed by atoms with Gasteiger partial charge in [-0.2, -0.15) is 26.3 Å². The predicted molar refractivity (Wildman–Crippen MR) is 111 cm³/mol. The van der Waals surface area contributed by atoms with E-state index in [4.69, 9.17) is 4.74 Å². The van der Waals surface area contributed by atoms with Gasteiger partial charge in [0, 0.05) is 24.5 Å². The Hall–Kier alpha value is -3.56. The maximum atomic E-state index is 13.1. The number of aromatic nitrogens is 1. The first-order valence-corrected chi connectivity index (χ1v) is 10.2. The molecule has 10 heteroatoms. The molecular weight excluding hydrogens is 462 g/mol. The molecule has 0 aliphatic carbocycles. The Bertz CT molecular complexity index is 1160. The number of hydrogen-bond acceptors (Lipinski definition) is 3. The molecule has 1 amide bonds. The molecule has 2 aromatic carbocycles. The number of halogens is 6. The SMILES string of the molecule is O=C(Cc1cc(C(F)(F)F)cc(C(F)(F)F)c1)N1CCOc2ccc(-c3ccncc3)cc2C1. The van der Waals surface area contributed by atoms with E-state index in [1.807, 2.05) is 24.3 Å². The zero-order chi connectivity index (χ0) is 24.5. The minimum atomic E-state index is -4.97. The average molecular weight is 480 g/mol. The van der Waals surface area contributed by atoms with E-state index < -0.39 is 35.8 Å². The Morgan fingerprint density at radius 1 is 0.882 bits per heavy atom. The quantitative estimate of drug-likeness (QED) is 0.449. The number of carbonyl (C=O) groups excluding carboxylic acids is 1. The summed E-state index contributed by atoms with van der Waals surface area (Å²) in [5.41, 5.74) is -0.827. The van der Waals surface area contributed by atoms with Crippen molar-refractivity contribution < 1.29 is 35.9 Å². The largest absolute Gasteiger partial charge is 0.491 e. The fourth-order valence-corrected chi connectivity index (χ4v) is 3.74. The summed E-state index contributed by atoms with van der Waals surface area (Å²) >= 11 is 0. The van der Waals surface area contributed by atoms with Crippen molar-refractivity contribution in [2.45, 2.75) is 25.3 Å². The summed E-state index contributed by atoms with van der Waals surface area (Å²) < 4.78 is 84.5. The third-order valence-electron chi connectivity index (χ3n) is 5.41. The van der Waals surface area contributed by atoms with Crippen molar-refractivity contribution in [2.24, 2.45) is 0 Å². The van der Waals surface area contributed by atoms with Gasteiger partial charge in [-0.15, -0.1) is 0 Å².